The summed E-state index contributed by atoms with van der Waals surface area (Å²) in [7, 11) is 0. The number of nitrogen functional groups attached to an aromatic ring is 1. The van der Waals surface area contributed by atoms with Crippen molar-refractivity contribution in [3.05, 3.63) is 41.2 Å². The van der Waals surface area contributed by atoms with Gasteiger partial charge in [0.1, 0.15) is 0 Å². The molecule has 0 atom stereocenters. The molecule has 0 unspecified atom stereocenters. The van der Waals surface area contributed by atoms with E-state index < -0.39 is 0 Å². The summed E-state index contributed by atoms with van der Waals surface area (Å²) in [6.45, 7) is 7.27. The van der Waals surface area contributed by atoms with Crippen LogP contribution < -0.4 is 15.4 Å². The first kappa shape index (κ1) is 20.4. The highest BCUT2D eigenvalue weighted by Crippen LogP contribution is 2.27. The number of nitrogens with two attached hydrogens (primary N) is 1. The minimum absolute atomic E-state index is 0.308. The van der Waals surface area contributed by atoms with Crippen molar-refractivity contribution < 1.29 is 4.74 Å². The van der Waals surface area contributed by atoms with Crippen molar-refractivity contribution >= 4 is 17.2 Å². The lowest BCUT2D eigenvalue weighted by Gasteiger charge is -2.30. The molecule has 2 N–H and O–H groups in total. The predicted octanol–water partition coefficient (Wildman–Crippen LogP) is 4.03. The molecule has 30 heavy (non-hydrogen) atoms. The van der Waals surface area contributed by atoms with E-state index in [9.17, 15) is 0 Å². The molecule has 1 saturated heterocycles. The minimum Gasteiger partial charge on any atom is -0.462 e. The van der Waals surface area contributed by atoms with Crippen LogP contribution in [0.25, 0.3) is 5.65 Å². The summed E-state index contributed by atoms with van der Waals surface area (Å²) < 4.78 is 7.44. The first-order valence-electron chi connectivity index (χ1n) is 11.2. The molecule has 7 heteroatoms. The molecule has 1 aliphatic rings. The third-order valence-electron chi connectivity index (χ3n) is 5.78. The molecule has 0 bridgehead atoms. The zero-order valence-electron chi connectivity index (χ0n) is 18.1. The number of hydrogen-bond acceptors (Lipinski definition) is 6. The second-order valence-corrected chi connectivity index (χ2v) is 8.01. The van der Waals surface area contributed by atoms with Gasteiger partial charge in [-0.3, -0.25) is 0 Å². The van der Waals surface area contributed by atoms with Gasteiger partial charge in [0.05, 0.1) is 18.5 Å². The Balaban J connectivity index is 1.58. The number of benzene rings is 1. The quantitative estimate of drug-likeness (QED) is 0.567. The van der Waals surface area contributed by atoms with E-state index in [-0.39, 0.29) is 0 Å². The van der Waals surface area contributed by atoms with Gasteiger partial charge in [0, 0.05) is 25.2 Å². The molecule has 0 amide bonds. The maximum absolute atomic E-state index is 6.10. The van der Waals surface area contributed by atoms with E-state index in [1.165, 1.54) is 36.1 Å². The molecule has 0 aliphatic carbocycles. The fourth-order valence-electron chi connectivity index (χ4n) is 4.10. The lowest BCUT2D eigenvalue weighted by Crippen LogP contribution is -2.30. The molecule has 7 nitrogen and oxygen atoms in total. The van der Waals surface area contributed by atoms with Gasteiger partial charge in [0.2, 0.25) is 0 Å². The van der Waals surface area contributed by atoms with Gasteiger partial charge in [0.15, 0.2) is 11.5 Å². The first-order valence-corrected chi connectivity index (χ1v) is 11.2. The molecule has 3 heterocycles. The van der Waals surface area contributed by atoms with Gasteiger partial charge in [-0.15, -0.1) is 5.10 Å². The fourth-order valence-corrected chi connectivity index (χ4v) is 4.10. The molecular formula is C23H32N6O. The van der Waals surface area contributed by atoms with Crippen molar-refractivity contribution in [3.8, 4) is 6.01 Å². The van der Waals surface area contributed by atoms with E-state index in [1.54, 1.807) is 4.52 Å². The largest absolute Gasteiger partial charge is 0.462 e. The molecule has 4 rings (SSSR count). The summed E-state index contributed by atoms with van der Waals surface area (Å²) in [6, 6.07) is 7.14. The van der Waals surface area contributed by atoms with Crippen LogP contribution in [0.15, 0.2) is 24.4 Å². The van der Waals surface area contributed by atoms with E-state index in [0.29, 0.717) is 24.1 Å². The van der Waals surface area contributed by atoms with Crippen LogP contribution in [0.2, 0.25) is 0 Å². The molecular weight excluding hydrogens is 376 g/mol. The van der Waals surface area contributed by atoms with Gasteiger partial charge in [-0.25, -0.2) is 9.50 Å². The number of ether oxygens (including phenoxy) is 1. The van der Waals surface area contributed by atoms with Gasteiger partial charge in [-0.1, -0.05) is 32.4 Å². The molecule has 1 aromatic carbocycles. The Morgan fingerprint density at radius 2 is 1.97 bits per heavy atom. The number of imidazole rings is 1. The van der Waals surface area contributed by atoms with Crippen LogP contribution >= 0.6 is 0 Å². The third-order valence-corrected chi connectivity index (χ3v) is 5.78. The summed E-state index contributed by atoms with van der Waals surface area (Å²) in [6.07, 6.45) is 9.53. The van der Waals surface area contributed by atoms with Gasteiger partial charge in [0.25, 0.3) is 0 Å². The molecule has 2 aromatic heterocycles. The average molecular weight is 409 g/mol. The van der Waals surface area contributed by atoms with Crippen LogP contribution in [0.4, 0.5) is 11.5 Å². The fraction of sp³-hybridized carbons (Fsp3) is 0.522. The van der Waals surface area contributed by atoms with E-state index >= 15 is 0 Å². The zero-order valence-corrected chi connectivity index (χ0v) is 18.1. The molecule has 0 spiro atoms. The summed E-state index contributed by atoms with van der Waals surface area (Å²) in [5.74, 6) is 0.345. The SMILES string of the molecule is CCCCOc1nc(N)c2ncc(Cc3ccc(N4CCCCC4)c(CC)c3)n2n1. The minimum atomic E-state index is 0.308. The normalized spacial score (nSPS) is 14.4. The van der Waals surface area contributed by atoms with Crippen molar-refractivity contribution in [2.75, 3.05) is 30.3 Å². The maximum Gasteiger partial charge on any atom is 0.336 e. The van der Waals surface area contributed by atoms with Gasteiger partial charge in [-0.05, 0) is 49.3 Å². The number of aromatic nitrogens is 4. The Bertz CT molecular complexity index is 993. The monoisotopic (exact) mass is 408 g/mol. The van der Waals surface area contributed by atoms with E-state index in [1.807, 2.05) is 6.20 Å². The lowest BCUT2D eigenvalue weighted by molar-refractivity contribution is 0.280. The second kappa shape index (κ2) is 9.32. The first-order chi connectivity index (χ1) is 14.7. The van der Waals surface area contributed by atoms with E-state index in [2.05, 4.69) is 52.0 Å². The van der Waals surface area contributed by atoms with Crippen molar-refractivity contribution in [3.63, 3.8) is 0 Å². The van der Waals surface area contributed by atoms with E-state index in [4.69, 9.17) is 10.5 Å². The summed E-state index contributed by atoms with van der Waals surface area (Å²) in [5, 5.41) is 4.53. The van der Waals surface area contributed by atoms with Crippen LogP contribution in [-0.2, 0) is 12.8 Å². The molecule has 1 fully saturated rings. The zero-order chi connectivity index (χ0) is 20.9. The number of hydrogen-bond donors (Lipinski definition) is 1. The predicted molar refractivity (Wildman–Crippen MR) is 120 cm³/mol. The van der Waals surface area contributed by atoms with Crippen molar-refractivity contribution in [1.82, 2.24) is 19.6 Å². The van der Waals surface area contributed by atoms with Gasteiger partial charge < -0.3 is 15.4 Å². The summed E-state index contributed by atoms with van der Waals surface area (Å²) >= 11 is 0. The Morgan fingerprint density at radius 1 is 1.13 bits per heavy atom. The summed E-state index contributed by atoms with van der Waals surface area (Å²) in [5.41, 5.74) is 11.7. The van der Waals surface area contributed by atoms with Crippen LogP contribution in [0.1, 0.15) is 62.8 Å². The summed E-state index contributed by atoms with van der Waals surface area (Å²) in [4.78, 5) is 11.2. The number of unbranched alkanes of at least 4 members (excludes halogenated alkanes) is 1. The topological polar surface area (TPSA) is 81.6 Å². The van der Waals surface area contributed by atoms with Gasteiger partial charge >= 0.3 is 6.01 Å². The second-order valence-electron chi connectivity index (χ2n) is 8.01. The Hall–Kier alpha value is -2.83. The standard InChI is InChI=1S/C23H32N6O/c1-3-5-13-30-23-26-21(24)22-25-16-19(29(22)27-23)15-17-9-10-20(18(4-2)14-17)28-11-7-6-8-12-28/h9-10,14,16H,3-8,11-13,15H2,1-2H3,(H2,24,26,27). The van der Waals surface area contributed by atoms with Crippen molar-refractivity contribution in [1.29, 1.82) is 0 Å². The number of anilines is 2. The molecule has 0 radical (unpaired) electrons. The number of nitrogens with zero attached hydrogens (tertiary/aromatic N) is 5. The number of aryl methyl sites for hydroxylation is 1. The lowest BCUT2D eigenvalue weighted by atomic mass is 10.0. The van der Waals surface area contributed by atoms with Crippen molar-refractivity contribution in [2.24, 2.45) is 0 Å². The van der Waals surface area contributed by atoms with Crippen LogP contribution in [-0.4, -0.2) is 39.3 Å². The molecule has 3 aromatic rings. The molecule has 1 aliphatic heterocycles. The Kier molecular flexibility index (Phi) is 6.35. The smallest absolute Gasteiger partial charge is 0.336 e. The molecule has 0 saturated carbocycles. The van der Waals surface area contributed by atoms with Crippen LogP contribution in [0.5, 0.6) is 6.01 Å². The highest BCUT2D eigenvalue weighted by Gasteiger charge is 2.16. The van der Waals surface area contributed by atoms with Crippen molar-refractivity contribution in [2.45, 2.75) is 58.8 Å². The number of fused-ring (bicyclic) bond motifs is 1. The number of rotatable bonds is 8. The van der Waals surface area contributed by atoms with Gasteiger partial charge in [-0.2, -0.15) is 4.98 Å². The highest BCUT2D eigenvalue weighted by atomic mass is 16.5. The van der Waals surface area contributed by atoms with Crippen LogP contribution in [0.3, 0.4) is 0 Å². The Labute approximate surface area is 178 Å². The third kappa shape index (κ3) is 4.35. The number of piperidine rings is 1. The molecule has 160 valence electrons. The highest BCUT2D eigenvalue weighted by molar-refractivity contribution is 5.60. The average Bonchev–Trinajstić information content (AvgIpc) is 3.17. The Morgan fingerprint density at radius 3 is 2.73 bits per heavy atom. The van der Waals surface area contributed by atoms with Crippen LogP contribution in [0, 0.1) is 0 Å². The van der Waals surface area contributed by atoms with E-state index in [0.717, 1.165) is 44.5 Å². The maximum atomic E-state index is 6.10.